The van der Waals surface area contributed by atoms with Gasteiger partial charge in [0.1, 0.15) is 5.54 Å². The molecule has 2 aromatic carbocycles. The average Bonchev–Trinajstić information content (AvgIpc) is 3.21. The minimum absolute atomic E-state index is 0.0956. The number of benzene rings is 2. The van der Waals surface area contributed by atoms with Crippen molar-refractivity contribution >= 4 is 11.6 Å². The molecule has 1 aromatic heterocycles. The zero-order chi connectivity index (χ0) is 23.1. The van der Waals surface area contributed by atoms with Crippen LogP contribution in [0.3, 0.4) is 0 Å². The number of anilines is 1. The molecule has 10 heteroatoms. The van der Waals surface area contributed by atoms with Crippen molar-refractivity contribution in [1.82, 2.24) is 9.78 Å². The van der Waals surface area contributed by atoms with Crippen molar-refractivity contribution in [2.24, 2.45) is 0 Å². The number of aromatic nitrogens is 2. The van der Waals surface area contributed by atoms with E-state index in [1.807, 2.05) is 0 Å². The molecular formula is C22H18F3N3O4. The van der Waals surface area contributed by atoms with Gasteiger partial charge in [0, 0.05) is 11.6 Å². The molecule has 166 valence electrons. The molecule has 0 unspecified atom stereocenters. The fraction of sp³-hybridized carbons (Fsp3) is 0.227. The number of hydrogen-bond acceptors (Lipinski definition) is 5. The van der Waals surface area contributed by atoms with Crippen molar-refractivity contribution < 1.29 is 27.4 Å². The van der Waals surface area contributed by atoms with Crippen LogP contribution in [0.15, 0.2) is 59.4 Å². The van der Waals surface area contributed by atoms with Gasteiger partial charge in [-0.3, -0.25) is 9.59 Å². The second kappa shape index (κ2) is 7.70. The summed E-state index contributed by atoms with van der Waals surface area (Å²) in [6.45, 7) is 2.89. The number of ether oxygens (including phenoxy) is 2. The van der Waals surface area contributed by atoms with Gasteiger partial charge in [-0.15, -0.1) is 0 Å². The summed E-state index contributed by atoms with van der Waals surface area (Å²) in [6.07, 6.45) is -4.65. The number of alkyl halides is 3. The predicted molar refractivity (Wildman–Crippen MR) is 109 cm³/mol. The Morgan fingerprint density at radius 2 is 1.75 bits per heavy atom. The summed E-state index contributed by atoms with van der Waals surface area (Å²) in [7, 11) is 0. The first-order chi connectivity index (χ1) is 15.1. The fourth-order valence-electron chi connectivity index (χ4n) is 3.23. The highest BCUT2D eigenvalue weighted by Crippen LogP contribution is 2.36. The molecule has 0 atom stereocenters. The average molecular weight is 445 g/mol. The first kappa shape index (κ1) is 21.4. The first-order valence-electron chi connectivity index (χ1n) is 9.56. The van der Waals surface area contributed by atoms with Gasteiger partial charge in [-0.1, -0.05) is 12.1 Å². The standard InChI is InChI=1S/C22H18F3N3O4/c1-21(2,20(30)26-16-6-4-3-5-14(16)22(23,24)25)28-19(29)10-8-15(27-28)13-7-9-17-18(11-13)32-12-31-17/h3-11H,12H2,1-2H3,(H,26,30). The number of halogens is 3. The van der Waals surface area contributed by atoms with Gasteiger partial charge in [0.05, 0.1) is 16.9 Å². The lowest BCUT2D eigenvalue weighted by atomic mass is 10.0. The van der Waals surface area contributed by atoms with E-state index in [1.54, 1.807) is 18.2 Å². The highest BCUT2D eigenvalue weighted by molar-refractivity contribution is 5.96. The van der Waals surface area contributed by atoms with Crippen LogP contribution in [0, 0.1) is 0 Å². The molecule has 0 saturated heterocycles. The number of para-hydroxylation sites is 1. The molecule has 1 aliphatic rings. The van der Waals surface area contributed by atoms with E-state index in [4.69, 9.17) is 9.47 Å². The molecule has 7 nitrogen and oxygen atoms in total. The van der Waals surface area contributed by atoms with Crippen molar-refractivity contribution in [1.29, 1.82) is 0 Å². The van der Waals surface area contributed by atoms with E-state index < -0.39 is 34.4 Å². The Labute approximate surface area is 180 Å². The lowest BCUT2D eigenvalue weighted by Crippen LogP contribution is -2.47. The number of rotatable bonds is 4. The smallest absolute Gasteiger partial charge is 0.418 e. The van der Waals surface area contributed by atoms with Crippen LogP contribution in [-0.2, 0) is 16.5 Å². The fourth-order valence-corrected chi connectivity index (χ4v) is 3.23. The number of carbonyl (C=O) groups is 1. The third-order valence-electron chi connectivity index (χ3n) is 5.03. The molecule has 2 heterocycles. The SMILES string of the molecule is CC(C)(C(=O)Nc1ccccc1C(F)(F)F)n1nc(-c2ccc3c(c2)OCO3)ccc1=O. The Morgan fingerprint density at radius 3 is 2.50 bits per heavy atom. The Balaban J connectivity index is 1.68. The zero-order valence-electron chi connectivity index (χ0n) is 17.1. The van der Waals surface area contributed by atoms with Crippen LogP contribution in [0.5, 0.6) is 11.5 Å². The molecule has 1 N–H and O–H groups in total. The molecule has 32 heavy (non-hydrogen) atoms. The van der Waals surface area contributed by atoms with E-state index in [9.17, 15) is 22.8 Å². The van der Waals surface area contributed by atoms with Crippen LogP contribution >= 0.6 is 0 Å². The van der Waals surface area contributed by atoms with Crippen molar-refractivity contribution in [3.05, 3.63) is 70.5 Å². The van der Waals surface area contributed by atoms with Gasteiger partial charge >= 0.3 is 6.18 Å². The number of hydrogen-bond donors (Lipinski definition) is 1. The monoisotopic (exact) mass is 445 g/mol. The Kier molecular flexibility index (Phi) is 5.15. The van der Waals surface area contributed by atoms with Crippen LogP contribution < -0.4 is 20.3 Å². The second-order valence-corrected chi connectivity index (χ2v) is 7.59. The quantitative estimate of drug-likeness (QED) is 0.656. The minimum atomic E-state index is -4.65. The number of amides is 1. The van der Waals surface area contributed by atoms with Crippen LogP contribution in [0.25, 0.3) is 11.3 Å². The Hall–Kier alpha value is -3.82. The van der Waals surface area contributed by atoms with Crippen molar-refractivity contribution in [2.45, 2.75) is 25.6 Å². The summed E-state index contributed by atoms with van der Waals surface area (Å²) in [4.78, 5) is 25.5. The summed E-state index contributed by atoms with van der Waals surface area (Å²) in [5, 5.41) is 6.58. The summed E-state index contributed by atoms with van der Waals surface area (Å²) >= 11 is 0. The highest BCUT2D eigenvalue weighted by atomic mass is 19.4. The number of nitrogens with zero attached hydrogens (tertiary/aromatic N) is 2. The number of fused-ring (bicyclic) bond motifs is 1. The van der Waals surface area contributed by atoms with Crippen molar-refractivity contribution in [3.8, 4) is 22.8 Å². The van der Waals surface area contributed by atoms with E-state index in [0.29, 0.717) is 22.8 Å². The molecule has 0 aliphatic carbocycles. The van der Waals surface area contributed by atoms with Crippen molar-refractivity contribution in [3.63, 3.8) is 0 Å². The third-order valence-corrected chi connectivity index (χ3v) is 5.03. The molecule has 0 radical (unpaired) electrons. The molecule has 1 amide bonds. The maximum atomic E-state index is 13.3. The summed E-state index contributed by atoms with van der Waals surface area (Å²) in [6, 6.07) is 12.5. The topological polar surface area (TPSA) is 82.5 Å². The van der Waals surface area contributed by atoms with Gasteiger partial charge in [-0.25, -0.2) is 4.68 Å². The molecule has 0 saturated carbocycles. The normalized spacial score (nSPS) is 13.2. The van der Waals surface area contributed by atoms with Gasteiger partial charge in [-0.05, 0) is 50.2 Å². The molecule has 0 fully saturated rings. The van der Waals surface area contributed by atoms with E-state index in [0.717, 1.165) is 16.8 Å². The van der Waals surface area contributed by atoms with E-state index >= 15 is 0 Å². The molecule has 0 bridgehead atoms. The Bertz CT molecular complexity index is 1250. The van der Waals surface area contributed by atoms with Crippen LogP contribution in [0.2, 0.25) is 0 Å². The second-order valence-electron chi connectivity index (χ2n) is 7.59. The highest BCUT2D eigenvalue weighted by Gasteiger charge is 2.37. The lowest BCUT2D eigenvalue weighted by molar-refractivity contribution is -0.137. The van der Waals surface area contributed by atoms with Gasteiger partial charge in [0.2, 0.25) is 6.79 Å². The maximum absolute atomic E-state index is 13.3. The van der Waals surface area contributed by atoms with Crippen LogP contribution in [0.1, 0.15) is 19.4 Å². The molecule has 3 aromatic rings. The van der Waals surface area contributed by atoms with Crippen molar-refractivity contribution in [2.75, 3.05) is 12.1 Å². The largest absolute Gasteiger partial charge is 0.454 e. The van der Waals surface area contributed by atoms with Gasteiger partial charge in [0.15, 0.2) is 11.5 Å². The van der Waals surface area contributed by atoms with E-state index in [2.05, 4.69) is 10.4 Å². The lowest BCUT2D eigenvalue weighted by Gasteiger charge is -2.26. The maximum Gasteiger partial charge on any atom is 0.418 e. The third kappa shape index (κ3) is 3.91. The number of carbonyl (C=O) groups excluding carboxylic acids is 1. The van der Waals surface area contributed by atoms with E-state index in [-0.39, 0.29) is 6.79 Å². The van der Waals surface area contributed by atoms with Gasteiger partial charge in [0.25, 0.3) is 11.5 Å². The summed E-state index contributed by atoms with van der Waals surface area (Å²) < 4.78 is 51.4. The zero-order valence-corrected chi connectivity index (χ0v) is 17.1. The molecular weight excluding hydrogens is 427 g/mol. The summed E-state index contributed by atoms with van der Waals surface area (Å²) in [5.74, 6) is 0.263. The molecule has 4 rings (SSSR count). The van der Waals surface area contributed by atoms with Gasteiger partial charge < -0.3 is 14.8 Å². The number of nitrogens with one attached hydrogen (secondary N) is 1. The van der Waals surface area contributed by atoms with Crippen LogP contribution in [0.4, 0.5) is 18.9 Å². The minimum Gasteiger partial charge on any atom is -0.454 e. The predicted octanol–water partition coefficient (Wildman–Crippen LogP) is 4.03. The van der Waals surface area contributed by atoms with E-state index in [1.165, 1.54) is 38.1 Å². The van der Waals surface area contributed by atoms with Crippen LogP contribution in [-0.4, -0.2) is 22.5 Å². The molecule has 0 spiro atoms. The van der Waals surface area contributed by atoms with Gasteiger partial charge in [-0.2, -0.15) is 18.3 Å². The first-order valence-corrected chi connectivity index (χ1v) is 9.56. The Morgan fingerprint density at radius 1 is 1.03 bits per heavy atom. The summed E-state index contributed by atoms with van der Waals surface area (Å²) in [5.41, 5.74) is -2.58. The molecule has 1 aliphatic heterocycles.